The molecule has 9 nitrogen and oxygen atoms in total. The maximum atomic E-state index is 13.7. The molecule has 0 aliphatic carbocycles. The Kier molecular flexibility index (Phi) is 8.96. The summed E-state index contributed by atoms with van der Waals surface area (Å²) in [6.07, 6.45) is 0.204. The van der Waals surface area contributed by atoms with Crippen molar-refractivity contribution in [2.75, 3.05) is 44.6 Å². The Hall–Kier alpha value is -3.92. The third-order valence-corrected chi connectivity index (χ3v) is 7.33. The van der Waals surface area contributed by atoms with Gasteiger partial charge in [0.25, 0.3) is 5.91 Å². The van der Waals surface area contributed by atoms with Crippen LogP contribution in [-0.2, 0) is 24.2 Å². The van der Waals surface area contributed by atoms with Gasteiger partial charge in [0.1, 0.15) is 22.2 Å². The Labute approximate surface area is 226 Å². The average Bonchev–Trinajstić information content (AvgIpc) is 3.30. The highest BCUT2D eigenvalue weighted by atomic mass is 32.1. The number of carbonyl (C=O) groups is 2. The summed E-state index contributed by atoms with van der Waals surface area (Å²) in [4.78, 5) is 28.7. The number of carbonyl (C=O) groups excluding carboxylic acids is 2. The fourth-order valence-corrected chi connectivity index (χ4v) is 5.54. The number of nitrogens with one attached hydrogen (secondary N) is 2. The van der Waals surface area contributed by atoms with E-state index in [1.807, 2.05) is 31.2 Å². The number of hydrogen-bond acceptors (Lipinski definition) is 8. The Morgan fingerprint density at radius 3 is 2.45 bits per heavy atom. The van der Waals surface area contributed by atoms with E-state index in [2.05, 4.69) is 10.6 Å². The van der Waals surface area contributed by atoms with Crippen molar-refractivity contribution in [3.05, 3.63) is 64.0 Å². The molecule has 0 radical (unpaired) electrons. The Balaban J connectivity index is 1.62. The zero-order valence-electron chi connectivity index (χ0n) is 22.1. The molecule has 0 atom stereocenters. The van der Waals surface area contributed by atoms with Gasteiger partial charge in [-0.05, 0) is 55.7 Å². The Morgan fingerprint density at radius 1 is 1.00 bits per heavy atom. The molecule has 1 aliphatic rings. The van der Waals surface area contributed by atoms with E-state index in [9.17, 15) is 9.59 Å². The molecule has 1 aromatic heterocycles. The van der Waals surface area contributed by atoms with Crippen molar-refractivity contribution in [1.29, 1.82) is 0 Å². The Morgan fingerprint density at radius 2 is 1.76 bits per heavy atom. The number of rotatable bonds is 10. The van der Waals surface area contributed by atoms with Crippen molar-refractivity contribution in [2.45, 2.75) is 33.4 Å². The van der Waals surface area contributed by atoms with Gasteiger partial charge in [-0.2, -0.15) is 0 Å². The molecule has 2 N–H and O–H groups in total. The molecule has 0 fully saturated rings. The molecular weight excluding hydrogens is 506 g/mol. The molecular formula is C28H33N3O6S. The van der Waals surface area contributed by atoms with Gasteiger partial charge in [-0.25, -0.2) is 4.79 Å². The normalized spacial score (nSPS) is 12.4. The molecule has 0 bridgehead atoms. The van der Waals surface area contributed by atoms with Gasteiger partial charge in [0.15, 0.2) is 0 Å². The van der Waals surface area contributed by atoms with Crippen molar-refractivity contribution in [1.82, 2.24) is 4.90 Å². The first-order valence-electron chi connectivity index (χ1n) is 12.5. The van der Waals surface area contributed by atoms with Gasteiger partial charge in [-0.1, -0.05) is 12.1 Å². The fraction of sp³-hybridized carbons (Fsp3) is 0.357. The number of nitrogens with zero attached hydrogens (tertiary/aromatic N) is 1. The van der Waals surface area contributed by atoms with E-state index in [0.717, 1.165) is 26.8 Å². The summed E-state index contributed by atoms with van der Waals surface area (Å²) in [5.41, 5.74) is 3.07. The summed E-state index contributed by atoms with van der Waals surface area (Å²) < 4.78 is 21.5. The van der Waals surface area contributed by atoms with Crippen LogP contribution in [0.4, 0.5) is 15.5 Å². The number of amides is 2. The van der Waals surface area contributed by atoms with E-state index < -0.39 is 0 Å². The summed E-state index contributed by atoms with van der Waals surface area (Å²) in [5.74, 6) is 1.69. The standard InChI is InChI=1S/C28H33N3O6S/c1-5-36-19-9-7-18(8-10-19)16-29-27-25(21-13-14-31(17-24(21)38-27)28(33)37-6-2)26(32)30-22-15-20(34-3)11-12-23(22)35-4/h7-12,15,29H,5-6,13-14,16-17H2,1-4H3,(H,30,32). The second-order valence-electron chi connectivity index (χ2n) is 8.53. The van der Waals surface area contributed by atoms with Crippen LogP contribution in [0.5, 0.6) is 17.2 Å². The molecule has 0 spiro atoms. The van der Waals surface area contributed by atoms with Gasteiger partial charge in [0.2, 0.25) is 0 Å². The lowest BCUT2D eigenvalue weighted by Gasteiger charge is -2.26. The number of benzene rings is 2. The molecule has 38 heavy (non-hydrogen) atoms. The topological polar surface area (TPSA) is 98.4 Å². The average molecular weight is 540 g/mol. The van der Waals surface area contributed by atoms with Gasteiger partial charge in [0, 0.05) is 24.0 Å². The lowest BCUT2D eigenvalue weighted by molar-refractivity contribution is 0.102. The van der Waals surface area contributed by atoms with Crippen molar-refractivity contribution in [2.24, 2.45) is 0 Å². The highest BCUT2D eigenvalue weighted by Gasteiger charge is 2.30. The van der Waals surface area contributed by atoms with Gasteiger partial charge >= 0.3 is 6.09 Å². The number of thiophene rings is 1. The van der Waals surface area contributed by atoms with Gasteiger partial charge in [-0.3, -0.25) is 4.79 Å². The van der Waals surface area contributed by atoms with Crippen LogP contribution in [0.15, 0.2) is 42.5 Å². The fourth-order valence-electron chi connectivity index (χ4n) is 4.29. The van der Waals surface area contributed by atoms with Crippen LogP contribution in [-0.4, -0.2) is 50.9 Å². The van der Waals surface area contributed by atoms with Crippen LogP contribution in [0.25, 0.3) is 0 Å². The maximum absolute atomic E-state index is 13.7. The predicted molar refractivity (Wildman–Crippen MR) is 148 cm³/mol. The first-order chi connectivity index (χ1) is 18.5. The first-order valence-corrected chi connectivity index (χ1v) is 13.3. The number of ether oxygens (including phenoxy) is 4. The molecule has 202 valence electrons. The minimum atomic E-state index is -0.345. The lowest BCUT2D eigenvalue weighted by Crippen LogP contribution is -2.36. The van der Waals surface area contributed by atoms with Gasteiger partial charge in [-0.15, -0.1) is 11.3 Å². The van der Waals surface area contributed by atoms with E-state index in [0.29, 0.717) is 62.0 Å². The van der Waals surface area contributed by atoms with Crippen molar-refractivity contribution in [3.63, 3.8) is 0 Å². The van der Waals surface area contributed by atoms with Crippen LogP contribution in [0.3, 0.4) is 0 Å². The summed E-state index contributed by atoms with van der Waals surface area (Å²) in [7, 11) is 3.12. The smallest absolute Gasteiger partial charge is 0.410 e. The third-order valence-electron chi connectivity index (χ3n) is 6.15. The number of hydrogen-bond donors (Lipinski definition) is 2. The predicted octanol–water partition coefficient (Wildman–Crippen LogP) is 5.54. The molecule has 2 aromatic carbocycles. The van der Waals surface area contributed by atoms with Crippen LogP contribution < -0.4 is 24.8 Å². The molecule has 0 saturated carbocycles. The molecule has 4 rings (SSSR count). The largest absolute Gasteiger partial charge is 0.497 e. The van der Waals surface area contributed by atoms with E-state index in [-0.39, 0.29) is 12.0 Å². The third kappa shape index (κ3) is 6.13. The zero-order valence-corrected chi connectivity index (χ0v) is 22.9. The SMILES string of the molecule is CCOC(=O)N1CCc2c(sc(NCc3ccc(OCC)cc3)c2C(=O)Nc2cc(OC)ccc2OC)C1. The molecule has 2 amide bonds. The highest BCUT2D eigenvalue weighted by molar-refractivity contribution is 7.16. The molecule has 2 heterocycles. The minimum Gasteiger partial charge on any atom is -0.497 e. The maximum Gasteiger partial charge on any atom is 0.410 e. The Bertz CT molecular complexity index is 1270. The second kappa shape index (κ2) is 12.6. The number of methoxy groups -OCH3 is 2. The van der Waals surface area contributed by atoms with Gasteiger partial charge < -0.3 is 34.5 Å². The van der Waals surface area contributed by atoms with Crippen molar-refractivity contribution in [3.8, 4) is 17.2 Å². The molecule has 3 aromatic rings. The lowest BCUT2D eigenvalue weighted by atomic mass is 10.0. The number of fused-ring (bicyclic) bond motifs is 1. The van der Waals surface area contributed by atoms with Crippen molar-refractivity contribution < 1.29 is 28.5 Å². The minimum absolute atomic E-state index is 0.257. The highest BCUT2D eigenvalue weighted by Crippen LogP contribution is 2.39. The van der Waals surface area contributed by atoms with E-state index in [1.165, 1.54) is 11.3 Å². The summed E-state index contributed by atoms with van der Waals surface area (Å²) in [6.45, 7) is 6.06. The zero-order chi connectivity index (χ0) is 27.1. The van der Waals surface area contributed by atoms with Crippen LogP contribution in [0.2, 0.25) is 0 Å². The summed E-state index contributed by atoms with van der Waals surface area (Å²) >= 11 is 1.49. The van der Waals surface area contributed by atoms with Crippen molar-refractivity contribution >= 4 is 34.0 Å². The monoisotopic (exact) mass is 539 g/mol. The molecule has 0 saturated heterocycles. The van der Waals surface area contributed by atoms with Crippen LogP contribution in [0, 0.1) is 0 Å². The van der Waals surface area contributed by atoms with Crippen LogP contribution >= 0.6 is 11.3 Å². The van der Waals surface area contributed by atoms with E-state index in [1.54, 1.807) is 44.2 Å². The van der Waals surface area contributed by atoms with E-state index in [4.69, 9.17) is 18.9 Å². The summed E-state index contributed by atoms with van der Waals surface area (Å²) in [5, 5.41) is 7.20. The summed E-state index contributed by atoms with van der Waals surface area (Å²) in [6, 6.07) is 13.1. The van der Waals surface area contributed by atoms with Crippen LogP contribution in [0.1, 0.15) is 40.2 Å². The first kappa shape index (κ1) is 27.1. The quantitative estimate of drug-likeness (QED) is 0.349. The molecule has 1 aliphatic heterocycles. The van der Waals surface area contributed by atoms with E-state index >= 15 is 0 Å². The number of anilines is 2. The molecule has 10 heteroatoms. The molecule has 0 unspecified atom stereocenters. The second-order valence-corrected chi connectivity index (χ2v) is 9.63. The van der Waals surface area contributed by atoms with Gasteiger partial charge in [0.05, 0.1) is 45.2 Å².